The van der Waals surface area contributed by atoms with Crippen LogP contribution in [-0.4, -0.2) is 9.79 Å². The van der Waals surface area contributed by atoms with E-state index in [1.54, 1.807) is 12.1 Å². The van der Waals surface area contributed by atoms with Crippen LogP contribution in [0.1, 0.15) is 18.9 Å². The molecular formula is C10H13O3P. The Labute approximate surface area is 83.3 Å². The lowest BCUT2D eigenvalue weighted by molar-refractivity contribution is 0.387. The Balaban J connectivity index is 2.90. The summed E-state index contributed by atoms with van der Waals surface area (Å²) in [5.74, 6) is 0. The molecule has 0 saturated carbocycles. The number of hydrogen-bond donors (Lipinski definition) is 2. The number of rotatable bonds is 3. The van der Waals surface area contributed by atoms with E-state index in [1.165, 1.54) is 12.1 Å². The van der Waals surface area contributed by atoms with Gasteiger partial charge in [-0.2, -0.15) is 0 Å². The SMILES string of the molecule is CC/C=C/c1ccc(P(=O)(O)O)cc1. The lowest BCUT2D eigenvalue weighted by Gasteiger charge is -2.03. The third-order valence-corrected chi connectivity index (χ3v) is 2.75. The van der Waals surface area contributed by atoms with Crippen LogP contribution in [0.4, 0.5) is 0 Å². The van der Waals surface area contributed by atoms with E-state index < -0.39 is 7.60 Å². The summed E-state index contributed by atoms with van der Waals surface area (Å²) >= 11 is 0. The number of hydrogen-bond acceptors (Lipinski definition) is 1. The summed E-state index contributed by atoms with van der Waals surface area (Å²) in [6.45, 7) is 2.03. The highest BCUT2D eigenvalue weighted by Gasteiger charge is 2.15. The van der Waals surface area contributed by atoms with Gasteiger partial charge in [0.1, 0.15) is 0 Å². The highest BCUT2D eigenvalue weighted by atomic mass is 31.2. The van der Waals surface area contributed by atoms with E-state index in [9.17, 15) is 4.57 Å². The molecule has 0 aliphatic heterocycles. The Kier molecular flexibility index (Phi) is 3.64. The van der Waals surface area contributed by atoms with Crippen LogP contribution >= 0.6 is 7.60 Å². The molecule has 0 bridgehead atoms. The Morgan fingerprint density at radius 3 is 2.29 bits per heavy atom. The molecule has 1 aromatic carbocycles. The molecule has 0 radical (unpaired) electrons. The van der Waals surface area contributed by atoms with Crippen molar-refractivity contribution in [1.82, 2.24) is 0 Å². The summed E-state index contributed by atoms with van der Waals surface area (Å²) in [4.78, 5) is 17.7. The Bertz CT molecular complexity index is 361. The maximum absolute atomic E-state index is 10.8. The quantitative estimate of drug-likeness (QED) is 0.752. The average Bonchev–Trinajstić information content (AvgIpc) is 2.14. The van der Waals surface area contributed by atoms with Crippen molar-refractivity contribution in [3.63, 3.8) is 0 Å². The summed E-state index contributed by atoms with van der Waals surface area (Å²) in [7, 11) is -4.09. The molecular weight excluding hydrogens is 199 g/mol. The van der Waals surface area contributed by atoms with E-state index in [0.717, 1.165) is 12.0 Å². The Hall–Kier alpha value is -0.890. The minimum atomic E-state index is -4.09. The van der Waals surface area contributed by atoms with E-state index in [1.807, 2.05) is 19.1 Å². The van der Waals surface area contributed by atoms with Crippen molar-refractivity contribution >= 4 is 19.0 Å². The molecule has 0 fully saturated rings. The van der Waals surface area contributed by atoms with Crippen molar-refractivity contribution in [1.29, 1.82) is 0 Å². The van der Waals surface area contributed by atoms with Crippen LogP contribution in [-0.2, 0) is 4.57 Å². The van der Waals surface area contributed by atoms with Crippen molar-refractivity contribution in [3.05, 3.63) is 35.9 Å². The van der Waals surface area contributed by atoms with Crippen molar-refractivity contribution in [2.75, 3.05) is 0 Å². The van der Waals surface area contributed by atoms with Gasteiger partial charge in [-0.3, -0.25) is 4.57 Å². The van der Waals surface area contributed by atoms with Crippen molar-refractivity contribution < 1.29 is 14.4 Å². The molecule has 0 amide bonds. The van der Waals surface area contributed by atoms with Crippen LogP contribution in [0, 0.1) is 0 Å². The summed E-state index contributed by atoms with van der Waals surface area (Å²) in [5.41, 5.74) is 0.948. The van der Waals surface area contributed by atoms with Gasteiger partial charge in [-0.1, -0.05) is 31.2 Å². The zero-order chi connectivity index (χ0) is 10.6. The fourth-order valence-electron chi connectivity index (χ4n) is 1.03. The second-order valence-electron chi connectivity index (χ2n) is 2.95. The minimum absolute atomic E-state index is 0.0612. The maximum atomic E-state index is 10.8. The van der Waals surface area contributed by atoms with E-state index in [-0.39, 0.29) is 5.30 Å². The molecule has 0 unspecified atom stereocenters. The normalized spacial score (nSPS) is 12.2. The van der Waals surface area contributed by atoms with Gasteiger partial charge in [0.2, 0.25) is 0 Å². The molecule has 0 heterocycles. The molecule has 0 spiro atoms. The van der Waals surface area contributed by atoms with Gasteiger partial charge in [-0.25, -0.2) is 0 Å². The Morgan fingerprint density at radius 1 is 1.29 bits per heavy atom. The summed E-state index contributed by atoms with van der Waals surface area (Å²) in [6, 6.07) is 6.30. The lowest BCUT2D eigenvalue weighted by atomic mass is 10.2. The molecule has 1 aromatic rings. The highest BCUT2D eigenvalue weighted by molar-refractivity contribution is 7.60. The van der Waals surface area contributed by atoms with Crippen LogP contribution in [0.3, 0.4) is 0 Å². The summed E-state index contributed by atoms with van der Waals surface area (Å²) < 4.78 is 10.8. The molecule has 76 valence electrons. The molecule has 0 aliphatic rings. The van der Waals surface area contributed by atoms with Crippen LogP contribution in [0.2, 0.25) is 0 Å². The van der Waals surface area contributed by atoms with Gasteiger partial charge < -0.3 is 9.79 Å². The van der Waals surface area contributed by atoms with Gasteiger partial charge in [0.25, 0.3) is 0 Å². The van der Waals surface area contributed by atoms with Gasteiger partial charge >= 0.3 is 7.60 Å². The second-order valence-corrected chi connectivity index (χ2v) is 4.55. The number of allylic oxidation sites excluding steroid dienone is 1. The van der Waals surface area contributed by atoms with E-state index in [4.69, 9.17) is 9.79 Å². The molecule has 1 rings (SSSR count). The minimum Gasteiger partial charge on any atom is -0.321 e. The zero-order valence-electron chi connectivity index (χ0n) is 7.92. The third-order valence-electron chi connectivity index (χ3n) is 1.78. The van der Waals surface area contributed by atoms with Crippen LogP contribution < -0.4 is 5.30 Å². The van der Waals surface area contributed by atoms with Crippen LogP contribution in [0.25, 0.3) is 6.08 Å². The fraction of sp³-hybridized carbons (Fsp3) is 0.200. The van der Waals surface area contributed by atoms with Crippen molar-refractivity contribution in [2.45, 2.75) is 13.3 Å². The zero-order valence-corrected chi connectivity index (χ0v) is 8.82. The van der Waals surface area contributed by atoms with Gasteiger partial charge in [0.15, 0.2) is 0 Å². The first-order chi connectivity index (χ1) is 6.54. The molecule has 3 nitrogen and oxygen atoms in total. The van der Waals surface area contributed by atoms with Gasteiger partial charge in [0, 0.05) is 0 Å². The molecule has 0 saturated heterocycles. The molecule has 0 atom stereocenters. The first-order valence-electron chi connectivity index (χ1n) is 4.36. The smallest absolute Gasteiger partial charge is 0.321 e. The monoisotopic (exact) mass is 212 g/mol. The van der Waals surface area contributed by atoms with Gasteiger partial charge in [0.05, 0.1) is 5.30 Å². The van der Waals surface area contributed by atoms with E-state index in [2.05, 4.69) is 0 Å². The van der Waals surface area contributed by atoms with Crippen molar-refractivity contribution in [2.24, 2.45) is 0 Å². The molecule has 14 heavy (non-hydrogen) atoms. The first kappa shape index (κ1) is 11.2. The predicted molar refractivity (Wildman–Crippen MR) is 57.4 cm³/mol. The second kappa shape index (κ2) is 4.56. The predicted octanol–water partition coefficient (Wildman–Crippen LogP) is 1.91. The standard InChI is InChI=1S/C10H13O3P/c1-2-3-4-9-5-7-10(8-6-9)14(11,12)13/h3-8H,2H2,1H3,(H2,11,12,13)/b4-3+. The third kappa shape index (κ3) is 3.11. The van der Waals surface area contributed by atoms with Gasteiger partial charge in [-0.15, -0.1) is 0 Å². The van der Waals surface area contributed by atoms with E-state index >= 15 is 0 Å². The topological polar surface area (TPSA) is 57.5 Å². The maximum Gasteiger partial charge on any atom is 0.356 e. The molecule has 4 heteroatoms. The van der Waals surface area contributed by atoms with Crippen LogP contribution in [0.5, 0.6) is 0 Å². The molecule has 0 aliphatic carbocycles. The summed E-state index contributed by atoms with van der Waals surface area (Å²) in [6.07, 6.45) is 4.86. The Morgan fingerprint density at radius 2 is 1.86 bits per heavy atom. The van der Waals surface area contributed by atoms with Crippen molar-refractivity contribution in [3.8, 4) is 0 Å². The highest BCUT2D eigenvalue weighted by Crippen LogP contribution is 2.32. The lowest BCUT2D eigenvalue weighted by Crippen LogP contribution is -2.02. The van der Waals surface area contributed by atoms with E-state index in [0.29, 0.717) is 0 Å². The fourth-order valence-corrected chi connectivity index (χ4v) is 1.57. The van der Waals surface area contributed by atoms with Gasteiger partial charge in [-0.05, 0) is 24.1 Å². The largest absolute Gasteiger partial charge is 0.356 e. The number of benzene rings is 1. The van der Waals surface area contributed by atoms with Crippen LogP contribution in [0.15, 0.2) is 30.3 Å². The molecule has 2 N–H and O–H groups in total. The average molecular weight is 212 g/mol. The molecule has 0 aromatic heterocycles. The summed E-state index contributed by atoms with van der Waals surface area (Å²) in [5, 5.41) is 0.0612. The first-order valence-corrected chi connectivity index (χ1v) is 5.98.